The van der Waals surface area contributed by atoms with Crippen molar-refractivity contribution in [1.82, 2.24) is 4.90 Å². The Morgan fingerprint density at radius 3 is 2.29 bits per heavy atom. The van der Waals surface area contributed by atoms with E-state index in [2.05, 4.69) is 0 Å². The first-order chi connectivity index (χ1) is 9.54. The molecule has 0 aliphatic rings. The molecule has 0 amide bonds. The normalized spacial score (nSPS) is 16.8. The van der Waals surface area contributed by atoms with E-state index in [4.69, 9.17) is 0 Å². The predicted molar refractivity (Wildman–Crippen MR) is 77.7 cm³/mol. The fourth-order valence-electron chi connectivity index (χ4n) is 1.98. The number of sulfone groups is 1. The molecule has 120 valence electrons. The average Bonchev–Trinajstić information content (AvgIpc) is 2.38. The number of hydrogen-bond acceptors (Lipinski definition) is 4. The monoisotopic (exact) mass is 321 g/mol. The van der Waals surface area contributed by atoms with Gasteiger partial charge in [-0.25, -0.2) is 17.2 Å². The van der Waals surface area contributed by atoms with Crippen molar-refractivity contribution in [2.45, 2.75) is 31.2 Å². The van der Waals surface area contributed by atoms with Crippen molar-refractivity contribution in [3.63, 3.8) is 0 Å². The van der Waals surface area contributed by atoms with E-state index >= 15 is 0 Å². The minimum Gasteiger partial charge on any atom is -0.387 e. The van der Waals surface area contributed by atoms with Gasteiger partial charge in [0.1, 0.15) is 0 Å². The molecule has 1 N–H and O–H groups in total. The van der Waals surface area contributed by atoms with Crippen molar-refractivity contribution in [2.24, 2.45) is 0 Å². The van der Waals surface area contributed by atoms with Crippen LogP contribution in [0.15, 0.2) is 18.2 Å². The molecule has 4 nitrogen and oxygen atoms in total. The summed E-state index contributed by atoms with van der Waals surface area (Å²) in [6, 6.07) is 2.89. The van der Waals surface area contributed by atoms with Crippen molar-refractivity contribution < 1.29 is 22.3 Å². The third-order valence-corrected chi connectivity index (χ3v) is 5.58. The first-order valence-electron chi connectivity index (χ1n) is 6.56. The van der Waals surface area contributed by atoms with Crippen LogP contribution in [0.25, 0.3) is 0 Å². The second-order valence-electron chi connectivity index (χ2n) is 5.40. The fourth-order valence-corrected chi connectivity index (χ4v) is 2.90. The number of likely N-dealkylation sites (N-methyl/N-ethyl adjacent to an activating group) is 1. The quantitative estimate of drug-likeness (QED) is 0.867. The molecule has 0 spiro atoms. The van der Waals surface area contributed by atoms with Crippen LogP contribution in [0.2, 0.25) is 0 Å². The molecular weight excluding hydrogens is 300 g/mol. The van der Waals surface area contributed by atoms with E-state index in [0.717, 1.165) is 18.4 Å². The molecule has 0 bridgehead atoms. The van der Waals surface area contributed by atoms with Gasteiger partial charge >= 0.3 is 0 Å². The molecule has 3 atom stereocenters. The number of aliphatic hydroxyl groups excluding tert-OH is 1. The molecule has 3 unspecified atom stereocenters. The maximum Gasteiger partial charge on any atom is 0.159 e. The van der Waals surface area contributed by atoms with Crippen LogP contribution in [0, 0.1) is 11.6 Å². The predicted octanol–water partition coefficient (Wildman–Crippen LogP) is 1.75. The largest absolute Gasteiger partial charge is 0.387 e. The maximum atomic E-state index is 13.1. The smallest absolute Gasteiger partial charge is 0.159 e. The summed E-state index contributed by atoms with van der Waals surface area (Å²) < 4.78 is 49.1. The van der Waals surface area contributed by atoms with Crippen LogP contribution < -0.4 is 0 Å². The lowest BCUT2D eigenvalue weighted by atomic mass is 10.1. The van der Waals surface area contributed by atoms with Gasteiger partial charge in [0.25, 0.3) is 0 Å². The van der Waals surface area contributed by atoms with Gasteiger partial charge in [0, 0.05) is 18.8 Å². The minimum absolute atomic E-state index is 0.117. The van der Waals surface area contributed by atoms with Crippen LogP contribution in [-0.2, 0) is 9.84 Å². The molecule has 0 saturated heterocycles. The maximum absolute atomic E-state index is 13.1. The van der Waals surface area contributed by atoms with Crippen LogP contribution in [0.5, 0.6) is 0 Å². The van der Waals surface area contributed by atoms with E-state index in [0.29, 0.717) is 0 Å². The number of halogens is 2. The fraction of sp³-hybridized carbons (Fsp3) is 0.571. The van der Waals surface area contributed by atoms with Crippen LogP contribution in [0.1, 0.15) is 25.5 Å². The van der Waals surface area contributed by atoms with Gasteiger partial charge in [0.15, 0.2) is 21.5 Å². The van der Waals surface area contributed by atoms with E-state index in [1.165, 1.54) is 6.07 Å². The molecule has 0 aliphatic heterocycles. The molecule has 7 heteroatoms. The Morgan fingerprint density at radius 1 is 1.24 bits per heavy atom. The first kappa shape index (κ1) is 18.0. The zero-order valence-electron chi connectivity index (χ0n) is 12.5. The van der Waals surface area contributed by atoms with Gasteiger partial charge in [-0.05, 0) is 38.6 Å². The molecule has 1 aromatic rings. The molecule has 0 saturated carbocycles. The molecule has 1 rings (SSSR count). The molecule has 0 aliphatic carbocycles. The SMILES string of the molecule is CC(C(C)S(C)(=O)=O)N(C)CC(O)c1ccc(F)c(F)c1. The van der Waals surface area contributed by atoms with Gasteiger partial charge in [-0.1, -0.05) is 6.07 Å². The number of rotatable bonds is 6. The van der Waals surface area contributed by atoms with E-state index in [9.17, 15) is 22.3 Å². The summed E-state index contributed by atoms with van der Waals surface area (Å²) in [5.74, 6) is -2.00. The lowest BCUT2D eigenvalue weighted by Gasteiger charge is -2.30. The first-order valence-corrected chi connectivity index (χ1v) is 8.51. The molecule has 0 heterocycles. The Hall–Kier alpha value is -1.05. The lowest BCUT2D eigenvalue weighted by molar-refractivity contribution is 0.107. The molecular formula is C14H21F2NO3S. The Kier molecular flexibility index (Phi) is 5.83. The molecule has 0 aromatic heterocycles. The lowest BCUT2D eigenvalue weighted by Crippen LogP contribution is -2.43. The number of aliphatic hydroxyl groups is 1. The topological polar surface area (TPSA) is 57.6 Å². The summed E-state index contributed by atoms with van der Waals surface area (Å²) in [4.78, 5) is 1.68. The molecule has 21 heavy (non-hydrogen) atoms. The Labute approximate surface area is 124 Å². The number of nitrogens with zero attached hydrogens (tertiary/aromatic N) is 1. The molecule has 1 aromatic carbocycles. The Balaban J connectivity index is 2.77. The van der Waals surface area contributed by atoms with Crippen molar-refractivity contribution in [2.75, 3.05) is 19.8 Å². The van der Waals surface area contributed by atoms with Crippen LogP contribution in [-0.4, -0.2) is 49.6 Å². The Bertz CT molecular complexity index is 592. The number of hydrogen-bond donors (Lipinski definition) is 1. The summed E-state index contributed by atoms with van der Waals surface area (Å²) in [6.07, 6.45) is 0.132. The second kappa shape index (κ2) is 6.81. The second-order valence-corrected chi connectivity index (χ2v) is 7.81. The molecule has 0 fully saturated rings. The van der Waals surface area contributed by atoms with Crippen LogP contribution >= 0.6 is 0 Å². The summed E-state index contributed by atoms with van der Waals surface area (Å²) >= 11 is 0. The summed E-state index contributed by atoms with van der Waals surface area (Å²) in [6.45, 7) is 3.45. The van der Waals surface area contributed by atoms with Crippen LogP contribution in [0.3, 0.4) is 0 Å². The summed E-state index contributed by atoms with van der Waals surface area (Å²) in [7, 11) is -1.52. The van der Waals surface area contributed by atoms with Crippen molar-refractivity contribution in [3.8, 4) is 0 Å². The number of benzene rings is 1. The highest BCUT2D eigenvalue weighted by Gasteiger charge is 2.26. The van der Waals surface area contributed by atoms with Gasteiger partial charge in [-0.15, -0.1) is 0 Å². The third kappa shape index (κ3) is 4.72. The van der Waals surface area contributed by atoms with Crippen molar-refractivity contribution >= 4 is 9.84 Å². The van der Waals surface area contributed by atoms with Crippen molar-refractivity contribution in [3.05, 3.63) is 35.4 Å². The molecule has 0 radical (unpaired) electrons. The van der Waals surface area contributed by atoms with E-state index in [-0.39, 0.29) is 18.2 Å². The van der Waals surface area contributed by atoms with Gasteiger partial charge in [-0.3, -0.25) is 4.90 Å². The average molecular weight is 321 g/mol. The zero-order chi connectivity index (χ0) is 16.4. The van der Waals surface area contributed by atoms with E-state index < -0.39 is 32.8 Å². The summed E-state index contributed by atoms with van der Waals surface area (Å²) in [5, 5.41) is 9.46. The van der Waals surface area contributed by atoms with Gasteiger partial charge in [-0.2, -0.15) is 0 Å². The van der Waals surface area contributed by atoms with Crippen molar-refractivity contribution in [1.29, 1.82) is 0 Å². The highest BCUT2D eigenvalue weighted by Crippen LogP contribution is 2.19. The zero-order valence-corrected chi connectivity index (χ0v) is 13.4. The standard InChI is InChI=1S/C14H21F2NO3S/c1-9(10(2)21(4,19)20)17(3)8-14(18)11-5-6-12(15)13(16)7-11/h5-7,9-10,14,18H,8H2,1-4H3. The highest BCUT2D eigenvalue weighted by atomic mass is 32.2. The van der Waals surface area contributed by atoms with Crippen LogP contribution in [0.4, 0.5) is 8.78 Å². The van der Waals surface area contributed by atoms with E-state index in [1.807, 2.05) is 0 Å². The minimum atomic E-state index is -3.19. The van der Waals surface area contributed by atoms with Gasteiger partial charge in [0.05, 0.1) is 11.4 Å². The summed E-state index contributed by atoms with van der Waals surface area (Å²) in [5.41, 5.74) is 0.250. The third-order valence-electron chi connectivity index (χ3n) is 3.84. The van der Waals surface area contributed by atoms with Gasteiger partial charge < -0.3 is 5.11 Å². The highest BCUT2D eigenvalue weighted by molar-refractivity contribution is 7.91. The van der Waals surface area contributed by atoms with E-state index in [1.54, 1.807) is 25.8 Å². The van der Waals surface area contributed by atoms with Gasteiger partial charge in [0.2, 0.25) is 0 Å². The Morgan fingerprint density at radius 2 is 1.81 bits per heavy atom.